The molecule has 0 radical (unpaired) electrons. The predicted molar refractivity (Wildman–Crippen MR) is 123 cm³/mol. The van der Waals surface area contributed by atoms with Crippen LogP contribution in [-0.2, 0) is 0 Å². The molecule has 0 spiro atoms. The maximum atomic E-state index is 14.3. The molecule has 4 nitrogen and oxygen atoms in total. The highest BCUT2D eigenvalue weighted by atomic mass is 19.1. The lowest BCUT2D eigenvalue weighted by Crippen LogP contribution is -2.38. The second-order valence-electron chi connectivity index (χ2n) is 7.41. The van der Waals surface area contributed by atoms with Gasteiger partial charge in [0.25, 0.3) is 11.8 Å². The van der Waals surface area contributed by atoms with Gasteiger partial charge in [-0.15, -0.1) is 0 Å². The molecule has 1 heterocycles. The Hall–Kier alpha value is -4.45. The summed E-state index contributed by atoms with van der Waals surface area (Å²) in [5, 5.41) is 1.29. The number of fused-ring (bicyclic) bond motifs is 2. The zero-order valence-corrected chi connectivity index (χ0v) is 17.2. The number of nitrogens with zero attached hydrogens (tertiary/aromatic N) is 2. The van der Waals surface area contributed by atoms with Gasteiger partial charge in [0, 0.05) is 28.1 Å². The average Bonchev–Trinajstić information content (AvgIpc) is 2.85. The van der Waals surface area contributed by atoms with Crippen molar-refractivity contribution in [3.63, 3.8) is 0 Å². The van der Waals surface area contributed by atoms with Gasteiger partial charge >= 0.3 is 0 Å². The third-order valence-electron chi connectivity index (χ3n) is 5.49. The fraction of sp³-hybridized carbons (Fsp3) is 0. The molecule has 0 aliphatic heterocycles. The minimum absolute atomic E-state index is 0.106. The first-order chi connectivity index (χ1) is 16.1. The molecule has 5 aromatic rings. The molecule has 0 saturated heterocycles. The highest BCUT2D eigenvalue weighted by molar-refractivity contribution is 6.30. The molecule has 4 aromatic carbocycles. The number of rotatable bonds is 3. The lowest BCUT2D eigenvalue weighted by atomic mass is 10.0. The summed E-state index contributed by atoms with van der Waals surface area (Å²) in [5.74, 6) is -2.16. The normalized spacial score (nSPS) is 11.0. The Kier molecular flexibility index (Phi) is 5.11. The highest BCUT2D eigenvalue weighted by Gasteiger charge is 2.29. The minimum atomic E-state index is -0.664. The van der Waals surface area contributed by atoms with Crippen LogP contribution in [0.25, 0.3) is 21.5 Å². The Balaban J connectivity index is 1.71. The van der Waals surface area contributed by atoms with Crippen LogP contribution in [0.1, 0.15) is 20.7 Å². The van der Waals surface area contributed by atoms with E-state index in [1.165, 1.54) is 36.5 Å². The van der Waals surface area contributed by atoms with E-state index in [9.17, 15) is 18.4 Å². The summed E-state index contributed by atoms with van der Waals surface area (Å²) >= 11 is 0. The van der Waals surface area contributed by atoms with Crippen LogP contribution in [0, 0.1) is 11.6 Å². The van der Waals surface area contributed by atoms with Gasteiger partial charge in [-0.3, -0.25) is 9.59 Å². The summed E-state index contributed by atoms with van der Waals surface area (Å²) in [6.45, 7) is 0. The van der Waals surface area contributed by atoms with Gasteiger partial charge < -0.3 is 0 Å². The first-order valence-electron chi connectivity index (χ1n) is 10.2. The quantitative estimate of drug-likeness (QED) is 0.317. The molecule has 0 aliphatic carbocycles. The van der Waals surface area contributed by atoms with Gasteiger partial charge in [-0.1, -0.05) is 54.6 Å². The Morgan fingerprint density at radius 3 is 1.48 bits per heavy atom. The van der Waals surface area contributed by atoms with E-state index in [0.717, 1.165) is 4.90 Å². The van der Waals surface area contributed by atoms with Gasteiger partial charge in [0.05, 0.1) is 0 Å². The molecule has 0 saturated carbocycles. The van der Waals surface area contributed by atoms with Gasteiger partial charge in [0.2, 0.25) is 0 Å². The van der Waals surface area contributed by atoms with E-state index in [2.05, 4.69) is 4.98 Å². The van der Waals surface area contributed by atoms with Crippen molar-refractivity contribution in [3.8, 4) is 0 Å². The fourth-order valence-corrected chi connectivity index (χ4v) is 3.92. The minimum Gasteiger partial charge on any atom is -0.268 e. The first-order valence-corrected chi connectivity index (χ1v) is 10.2. The molecule has 0 unspecified atom stereocenters. The summed E-state index contributed by atoms with van der Waals surface area (Å²) < 4.78 is 28.7. The van der Waals surface area contributed by atoms with Crippen molar-refractivity contribution in [2.75, 3.05) is 4.90 Å². The number of anilines is 1. The van der Waals surface area contributed by atoms with Gasteiger partial charge in [-0.25, -0.2) is 18.7 Å². The molecule has 0 aliphatic rings. The molecule has 0 N–H and O–H groups in total. The zero-order valence-electron chi connectivity index (χ0n) is 17.2. The first kappa shape index (κ1) is 20.5. The molecule has 1 aromatic heterocycles. The fourth-order valence-electron chi connectivity index (χ4n) is 3.92. The number of halogens is 2. The van der Waals surface area contributed by atoms with E-state index in [0.29, 0.717) is 10.8 Å². The number of amides is 2. The van der Waals surface area contributed by atoms with Crippen molar-refractivity contribution >= 4 is 39.2 Å². The van der Waals surface area contributed by atoms with E-state index >= 15 is 0 Å². The molecule has 5 rings (SSSR count). The molecule has 0 bridgehead atoms. The van der Waals surface area contributed by atoms with E-state index in [-0.39, 0.29) is 27.7 Å². The Morgan fingerprint density at radius 2 is 1.03 bits per heavy atom. The largest absolute Gasteiger partial charge is 0.268 e. The van der Waals surface area contributed by atoms with Crippen LogP contribution in [-0.4, -0.2) is 16.8 Å². The molecular formula is C27H16F2N2O2. The zero-order chi connectivity index (χ0) is 22.9. The standard InChI is InChI=1S/C27H16F2N2O2/c28-23-14-12-21(17-7-1-3-9-19(17)23)26(32)31(25-11-5-6-16-30-25)27(33)22-13-15-24(29)20-10-4-2-8-18(20)22/h1-16H. The number of carbonyl (C=O) groups is 2. The predicted octanol–water partition coefficient (Wildman–Crippen LogP) is 6.15. The summed E-state index contributed by atoms with van der Waals surface area (Å²) in [6.07, 6.45) is 1.47. The molecule has 33 heavy (non-hydrogen) atoms. The second kappa shape index (κ2) is 8.24. The van der Waals surface area contributed by atoms with Crippen molar-refractivity contribution in [1.29, 1.82) is 0 Å². The van der Waals surface area contributed by atoms with Crippen LogP contribution in [0.5, 0.6) is 0 Å². The number of aromatic nitrogens is 1. The van der Waals surface area contributed by atoms with Gasteiger partial charge in [-0.05, 0) is 47.2 Å². The van der Waals surface area contributed by atoms with Crippen molar-refractivity contribution in [1.82, 2.24) is 4.98 Å². The summed E-state index contributed by atoms with van der Waals surface area (Å²) in [5.41, 5.74) is 0.301. The summed E-state index contributed by atoms with van der Waals surface area (Å²) in [7, 11) is 0. The van der Waals surface area contributed by atoms with Crippen LogP contribution in [0.4, 0.5) is 14.6 Å². The van der Waals surface area contributed by atoms with Crippen molar-refractivity contribution in [3.05, 3.63) is 120 Å². The van der Waals surface area contributed by atoms with Crippen LogP contribution in [0.2, 0.25) is 0 Å². The van der Waals surface area contributed by atoms with E-state index in [1.54, 1.807) is 60.7 Å². The highest BCUT2D eigenvalue weighted by Crippen LogP contribution is 2.28. The Morgan fingerprint density at radius 1 is 0.576 bits per heavy atom. The number of hydrogen-bond donors (Lipinski definition) is 0. The number of carbonyl (C=O) groups excluding carboxylic acids is 2. The van der Waals surface area contributed by atoms with Crippen LogP contribution < -0.4 is 4.90 Å². The van der Waals surface area contributed by atoms with E-state index in [1.807, 2.05) is 0 Å². The molecule has 2 amide bonds. The Bertz CT molecular complexity index is 1440. The average molecular weight is 438 g/mol. The van der Waals surface area contributed by atoms with Crippen molar-refractivity contribution in [2.45, 2.75) is 0 Å². The number of imide groups is 1. The lowest BCUT2D eigenvalue weighted by Gasteiger charge is -2.22. The van der Waals surface area contributed by atoms with Crippen LogP contribution in [0.3, 0.4) is 0 Å². The van der Waals surface area contributed by atoms with Gasteiger partial charge in [0.15, 0.2) is 0 Å². The third-order valence-corrected chi connectivity index (χ3v) is 5.49. The molecule has 6 heteroatoms. The number of benzene rings is 4. The van der Waals surface area contributed by atoms with Crippen molar-refractivity contribution < 1.29 is 18.4 Å². The second-order valence-corrected chi connectivity index (χ2v) is 7.41. The third kappa shape index (κ3) is 3.51. The maximum absolute atomic E-state index is 14.3. The number of pyridine rings is 1. The maximum Gasteiger partial charge on any atom is 0.267 e. The molecule has 0 atom stereocenters. The molecular weight excluding hydrogens is 422 g/mol. The Labute approximate surface area is 187 Å². The SMILES string of the molecule is O=C(c1ccc(F)c2ccccc12)N(C(=O)c1ccc(F)c2ccccc12)c1ccccn1. The molecule has 0 fully saturated rings. The summed E-state index contributed by atoms with van der Waals surface area (Å²) in [6, 6.07) is 23.1. The van der Waals surface area contributed by atoms with Gasteiger partial charge in [0.1, 0.15) is 17.5 Å². The topological polar surface area (TPSA) is 50.3 Å². The van der Waals surface area contributed by atoms with E-state index in [4.69, 9.17) is 0 Å². The monoisotopic (exact) mass is 438 g/mol. The van der Waals surface area contributed by atoms with Crippen molar-refractivity contribution in [2.24, 2.45) is 0 Å². The van der Waals surface area contributed by atoms with Crippen LogP contribution in [0.15, 0.2) is 97.2 Å². The van der Waals surface area contributed by atoms with Gasteiger partial charge in [-0.2, -0.15) is 0 Å². The van der Waals surface area contributed by atoms with Crippen LogP contribution >= 0.6 is 0 Å². The molecule has 160 valence electrons. The lowest BCUT2D eigenvalue weighted by molar-refractivity contribution is 0.0898. The van der Waals surface area contributed by atoms with E-state index < -0.39 is 23.4 Å². The smallest absolute Gasteiger partial charge is 0.267 e. The number of hydrogen-bond acceptors (Lipinski definition) is 3. The summed E-state index contributed by atoms with van der Waals surface area (Å²) in [4.78, 5) is 32.7.